The van der Waals surface area contributed by atoms with E-state index in [9.17, 15) is 5.11 Å². The summed E-state index contributed by atoms with van der Waals surface area (Å²) in [6.07, 6.45) is 0.504. The molecule has 3 heteroatoms. The minimum atomic E-state index is -0.492. The number of benzene rings is 2. The van der Waals surface area contributed by atoms with Crippen molar-refractivity contribution in [2.24, 2.45) is 0 Å². The van der Waals surface area contributed by atoms with Crippen molar-refractivity contribution in [1.82, 2.24) is 5.32 Å². The molecule has 0 bridgehead atoms. The maximum Gasteiger partial charge on any atom is 0.0940 e. The van der Waals surface area contributed by atoms with E-state index in [0.717, 1.165) is 12.0 Å². The molecule has 0 saturated heterocycles. The van der Waals surface area contributed by atoms with Crippen molar-refractivity contribution in [1.29, 1.82) is 0 Å². The fourth-order valence-corrected chi connectivity index (χ4v) is 2.48. The molecule has 3 atom stereocenters. The molecule has 0 heterocycles. The Labute approximate surface area is 133 Å². The standard InChI is InChI=1S/C18H23NO.ClH/c1-3-17(15-10-6-4-7-11-15)19-14(2)18(20)16-12-8-5-9-13-16;/h4-14,17-20H,3H2,1-2H3;1H/t14-,17+,18-;/m1./s1. The van der Waals surface area contributed by atoms with Crippen molar-refractivity contribution in [2.45, 2.75) is 38.5 Å². The maximum atomic E-state index is 10.4. The van der Waals surface area contributed by atoms with Gasteiger partial charge in [0.2, 0.25) is 0 Å². The molecular formula is C18H24ClNO. The van der Waals surface area contributed by atoms with Gasteiger partial charge in [0.1, 0.15) is 0 Å². The van der Waals surface area contributed by atoms with E-state index >= 15 is 0 Å². The largest absolute Gasteiger partial charge is 0.387 e. The van der Waals surface area contributed by atoms with Crippen LogP contribution < -0.4 is 5.32 Å². The van der Waals surface area contributed by atoms with Gasteiger partial charge < -0.3 is 10.4 Å². The maximum absolute atomic E-state index is 10.4. The predicted octanol–water partition coefficient (Wildman–Crippen LogP) is 4.27. The third-order valence-corrected chi connectivity index (χ3v) is 3.69. The summed E-state index contributed by atoms with van der Waals surface area (Å²) >= 11 is 0. The molecule has 0 fully saturated rings. The van der Waals surface area contributed by atoms with E-state index in [1.54, 1.807) is 0 Å². The van der Waals surface area contributed by atoms with Crippen LogP contribution in [-0.4, -0.2) is 11.1 Å². The molecule has 2 aromatic carbocycles. The van der Waals surface area contributed by atoms with Crippen molar-refractivity contribution in [3.8, 4) is 0 Å². The van der Waals surface area contributed by atoms with Crippen LogP contribution in [0.3, 0.4) is 0 Å². The number of nitrogens with one attached hydrogen (secondary N) is 1. The van der Waals surface area contributed by atoms with Crippen LogP contribution in [0, 0.1) is 0 Å². The van der Waals surface area contributed by atoms with Gasteiger partial charge in [-0.3, -0.25) is 0 Å². The van der Waals surface area contributed by atoms with E-state index in [2.05, 4.69) is 36.5 Å². The summed E-state index contributed by atoms with van der Waals surface area (Å²) in [5.74, 6) is 0. The summed E-state index contributed by atoms with van der Waals surface area (Å²) in [6.45, 7) is 4.19. The van der Waals surface area contributed by atoms with Gasteiger partial charge in [-0.25, -0.2) is 0 Å². The molecule has 0 aliphatic rings. The summed E-state index contributed by atoms with van der Waals surface area (Å²) in [6, 6.07) is 20.5. The molecule has 0 spiro atoms. The third kappa shape index (κ3) is 4.85. The topological polar surface area (TPSA) is 32.3 Å². The normalized spacial score (nSPS) is 14.8. The van der Waals surface area contributed by atoms with Gasteiger partial charge in [-0.2, -0.15) is 0 Å². The molecule has 2 N–H and O–H groups in total. The van der Waals surface area contributed by atoms with E-state index < -0.39 is 6.10 Å². The van der Waals surface area contributed by atoms with Crippen LogP contribution in [0.1, 0.15) is 43.5 Å². The Morgan fingerprint density at radius 2 is 1.38 bits per heavy atom. The average Bonchev–Trinajstić information content (AvgIpc) is 2.53. The number of halogens is 1. The number of hydrogen-bond acceptors (Lipinski definition) is 2. The zero-order valence-corrected chi connectivity index (χ0v) is 13.4. The van der Waals surface area contributed by atoms with Crippen LogP contribution in [0.5, 0.6) is 0 Å². The first-order valence-corrected chi connectivity index (χ1v) is 7.26. The summed E-state index contributed by atoms with van der Waals surface area (Å²) in [5, 5.41) is 13.9. The van der Waals surface area contributed by atoms with Gasteiger partial charge in [0.05, 0.1) is 6.10 Å². The first-order valence-electron chi connectivity index (χ1n) is 7.26. The fourth-order valence-electron chi connectivity index (χ4n) is 2.48. The molecule has 0 radical (unpaired) electrons. The summed E-state index contributed by atoms with van der Waals surface area (Å²) < 4.78 is 0. The van der Waals surface area contributed by atoms with Gasteiger partial charge in [0.25, 0.3) is 0 Å². The second-order valence-electron chi connectivity index (χ2n) is 5.18. The van der Waals surface area contributed by atoms with Crippen LogP contribution in [0.25, 0.3) is 0 Å². The molecule has 0 aliphatic carbocycles. The fraction of sp³-hybridized carbons (Fsp3) is 0.333. The van der Waals surface area contributed by atoms with Crippen molar-refractivity contribution in [2.75, 3.05) is 0 Å². The smallest absolute Gasteiger partial charge is 0.0940 e. The highest BCUT2D eigenvalue weighted by Gasteiger charge is 2.19. The van der Waals surface area contributed by atoms with Crippen LogP contribution in [0.4, 0.5) is 0 Å². The summed E-state index contributed by atoms with van der Waals surface area (Å²) in [5.41, 5.74) is 2.22. The molecule has 0 aromatic heterocycles. The van der Waals surface area contributed by atoms with Gasteiger partial charge in [0, 0.05) is 12.1 Å². The van der Waals surface area contributed by atoms with Crippen LogP contribution >= 0.6 is 12.4 Å². The monoisotopic (exact) mass is 305 g/mol. The highest BCUT2D eigenvalue weighted by Crippen LogP contribution is 2.22. The van der Waals surface area contributed by atoms with E-state index in [0.29, 0.717) is 0 Å². The Morgan fingerprint density at radius 1 is 0.905 bits per heavy atom. The second kappa shape index (κ2) is 8.83. The van der Waals surface area contributed by atoms with Gasteiger partial charge >= 0.3 is 0 Å². The highest BCUT2D eigenvalue weighted by atomic mass is 35.5. The quantitative estimate of drug-likeness (QED) is 0.835. The number of aliphatic hydroxyl groups is 1. The van der Waals surface area contributed by atoms with Crippen molar-refractivity contribution < 1.29 is 5.11 Å². The van der Waals surface area contributed by atoms with Crippen LogP contribution in [-0.2, 0) is 0 Å². The van der Waals surface area contributed by atoms with E-state index in [1.807, 2.05) is 43.3 Å². The molecule has 2 aromatic rings. The molecule has 0 aliphatic heterocycles. The molecule has 0 amide bonds. The summed E-state index contributed by atoms with van der Waals surface area (Å²) in [7, 11) is 0. The van der Waals surface area contributed by atoms with Gasteiger partial charge in [-0.05, 0) is 24.5 Å². The van der Waals surface area contributed by atoms with Crippen molar-refractivity contribution >= 4 is 12.4 Å². The third-order valence-electron chi connectivity index (χ3n) is 3.69. The Balaban J connectivity index is 0.00000220. The van der Waals surface area contributed by atoms with Crippen molar-refractivity contribution in [3.63, 3.8) is 0 Å². The Morgan fingerprint density at radius 3 is 1.86 bits per heavy atom. The first-order chi connectivity index (χ1) is 9.72. The molecule has 0 saturated carbocycles. The molecule has 0 unspecified atom stereocenters. The zero-order chi connectivity index (χ0) is 14.4. The van der Waals surface area contributed by atoms with Gasteiger partial charge in [-0.15, -0.1) is 12.4 Å². The average molecular weight is 306 g/mol. The van der Waals surface area contributed by atoms with Crippen molar-refractivity contribution in [3.05, 3.63) is 71.8 Å². The molecule has 2 nitrogen and oxygen atoms in total. The predicted molar refractivity (Wildman–Crippen MR) is 90.7 cm³/mol. The van der Waals surface area contributed by atoms with Crippen LogP contribution in [0.15, 0.2) is 60.7 Å². The Hall–Kier alpha value is -1.35. The molecule has 21 heavy (non-hydrogen) atoms. The lowest BCUT2D eigenvalue weighted by Gasteiger charge is -2.26. The zero-order valence-electron chi connectivity index (χ0n) is 12.6. The lowest BCUT2D eigenvalue weighted by Crippen LogP contribution is -2.35. The SMILES string of the molecule is CC[C@H](N[C@H](C)[C@@H](O)c1ccccc1)c1ccccc1.Cl. The van der Waals surface area contributed by atoms with E-state index in [1.165, 1.54) is 5.56 Å². The van der Waals surface area contributed by atoms with Gasteiger partial charge in [-0.1, -0.05) is 67.6 Å². The van der Waals surface area contributed by atoms with Gasteiger partial charge in [0.15, 0.2) is 0 Å². The highest BCUT2D eigenvalue weighted by molar-refractivity contribution is 5.85. The summed E-state index contributed by atoms with van der Waals surface area (Å²) in [4.78, 5) is 0. The lowest BCUT2D eigenvalue weighted by atomic mass is 9.99. The minimum Gasteiger partial charge on any atom is -0.387 e. The lowest BCUT2D eigenvalue weighted by molar-refractivity contribution is 0.129. The minimum absolute atomic E-state index is 0. The molecular weight excluding hydrogens is 282 g/mol. The van der Waals surface area contributed by atoms with E-state index in [-0.39, 0.29) is 24.5 Å². The number of hydrogen-bond donors (Lipinski definition) is 2. The Bertz CT molecular complexity index is 503. The Kier molecular flexibility index (Phi) is 7.44. The van der Waals surface area contributed by atoms with Crippen LogP contribution in [0.2, 0.25) is 0 Å². The number of aliphatic hydroxyl groups excluding tert-OH is 1. The first kappa shape index (κ1) is 17.7. The molecule has 2 rings (SSSR count). The second-order valence-corrected chi connectivity index (χ2v) is 5.18. The number of rotatable bonds is 6. The molecule has 114 valence electrons. The van der Waals surface area contributed by atoms with E-state index in [4.69, 9.17) is 0 Å².